The van der Waals surface area contributed by atoms with Crippen LogP contribution in [0.25, 0.3) is 5.69 Å². The lowest BCUT2D eigenvalue weighted by molar-refractivity contribution is -0.117. The van der Waals surface area contributed by atoms with Gasteiger partial charge >= 0.3 is 0 Å². The Balaban J connectivity index is 1.28. The first-order valence-electron chi connectivity index (χ1n) is 9.45. The first-order valence-corrected chi connectivity index (χ1v) is 9.83. The van der Waals surface area contributed by atoms with Crippen LogP contribution in [0.1, 0.15) is 5.56 Å². The van der Waals surface area contributed by atoms with Crippen LogP contribution in [-0.2, 0) is 4.79 Å². The molecule has 29 heavy (non-hydrogen) atoms. The van der Waals surface area contributed by atoms with Gasteiger partial charge in [0.25, 0.3) is 0 Å². The van der Waals surface area contributed by atoms with E-state index < -0.39 is 0 Å². The van der Waals surface area contributed by atoms with Crippen LogP contribution in [0.5, 0.6) is 0 Å². The molecular weight excluding hydrogens is 390 g/mol. The molecule has 8 nitrogen and oxygen atoms in total. The minimum atomic E-state index is -0.0208. The number of aryl methyl sites for hydroxylation is 1. The molecule has 1 aromatic heterocycles. The standard InChI is InChI=1S/C20H22ClN7O/c1-15-2-3-16(21)12-19(15)27-10-8-26(9-11-27)13-20(29)23-17-4-6-18(7-5-17)28-14-22-24-25-28/h2-7,12,14H,8-11,13H2,1H3,(H,23,29). The molecule has 1 aliphatic rings. The Morgan fingerprint density at radius 3 is 2.55 bits per heavy atom. The van der Waals surface area contributed by atoms with E-state index in [1.807, 2.05) is 42.5 Å². The first kappa shape index (κ1) is 19.4. The Hall–Kier alpha value is -2.97. The van der Waals surface area contributed by atoms with Gasteiger partial charge in [0.2, 0.25) is 5.91 Å². The van der Waals surface area contributed by atoms with Crippen LogP contribution in [0, 0.1) is 6.92 Å². The Kier molecular flexibility index (Phi) is 5.73. The molecule has 4 rings (SSSR count). The van der Waals surface area contributed by atoms with Crippen molar-refractivity contribution in [2.75, 3.05) is 42.9 Å². The number of halogens is 1. The fourth-order valence-electron chi connectivity index (χ4n) is 3.45. The molecule has 0 aliphatic carbocycles. The predicted molar refractivity (Wildman–Crippen MR) is 113 cm³/mol. The lowest BCUT2D eigenvalue weighted by atomic mass is 10.1. The Morgan fingerprint density at radius 1 is 1.10 bits per heavy atom. The van der Waals surface area contributed by atoms with E-state index in [2.05, 4.69) is 37.6 Å². The molecule has 9 heteroatoms. The number of benzene rings is 2. The molecule has 0 spiro atoms. The topological polar surface area (TPSA) is 79.2 Å². The fraction of sp³-hybridized carbons (Fsp3) is 0.300. The molecule has 1 amide bonds. The van der Waals surface area contributed by atoms with Gasteiger partial charge in [0.1, 0.15) is 6.33 Å². The Bertz CT molecular complexity index is 967. The van der Waals surface area contributed by atoms with Gasteiger partial charge in [-0.3, -0.25) is 9.69 Å². The Labute approximate surface area is 174 Å². The summed E-state index contributed by atoms with van der Waals surface area (Å²) in [4.78, 5) is 16.9. The summed E-state index contributed by atoms with van der Waals surface area (Å²) >= 11 is 6.15. The number of piperazine rings is 1. The van der Waals surface area contributed by atoms with Gasteiger partial charge in [-0.25, -0.2) is 4.68 Å². The van der Waals surface area contributed by atoms with Crippen molar-refractivity contribution in [1.82, 2.24) is 25.1 Å². The normalized spacial score (nSPS) is 14.8. The predicted octanol–water partition coefficient (Wildman–Crippen LogP) is 2.38. The summed E-state index contributed by atoms with van der Waals surface area (Å²) < 4.78 is 1.56. The smallest absolute Gasteiger partial charge is 0.238 e. The van der Waals surface area contributed by atoms with Crippen LogP contribution >= 0.6 is 11.6 Å². The van der Waals surface area contributed by atoms with E-state index in [4.69, 9.17) is 11.6 Å². The average molecular weight is 412 g/mol. The van der Waals surface area contributed by atoms with E-state index in [0.717, 1.165) is 42.6 Å². The highest BCUT2D eigenvalue weighted by Crippen LogP contribution is 2.25. The zero-order chi connectivity index (χ0) is 20.2. The van der Waals surface area contributed by atoms with Crippen molar-refractivity contribution in [3.8, 4) is 5.69 Å². The third kappa shape index (κ3) is 4.72. The number of rotatable bonds is 5. The minimum absolute atomic E-state index is 0.0208. The molecule has 1 fully saturated rings. The Morgan fingerprint density at radius 2 is 1.86 bits per heavy atom. The van der Waals surface area contributed by atoms with E-state index in [0.29, 0.717) is 6.54 Å². The molecule has 0 atom stereocenters. The molecule has 2 aromatic carbocycles. The zero-order valence-corrected chi connectivity index (χ0v) is 16.9. The van der Waals surface area contributed by atoms with E-state index in [1.165, 1.54) is 17.6 Å². The van der Waals surface area contributed by atoms with Gasteiger partial charge in [-0.1, -0.05) is 17.7 Å². The van der Waals surface area contributed by atoms with Crippen molar-refractivity contribution < 1.29 is 4.79 Å². The van der Waals surface area contributed by atoms with Crippen molar-refractivity contribution >= 4 is 28.9 Å². The van der Waals surface area contributed by atoms with Gasteiger partial charge in [-0.05, 0) is 59.3 Å². The molecule has 0 saturated carbocycles. The number of nitrogens with one attached hydrogen (secondary N) is 1. The lowest BCUT2D eigenvalue weighted by Gasteiger charge is -2.36. The summed E-state index contributed by atoms with van der Waals surface area (Å²) in [5.74, 6) is -0.0208. The number of amides is 1. The maximum atomic E-state index is 12.4. The number of anilines is 2. The van der Waals surface area contributed by atoms with Crippen molar-refractivity contribution in [3.63, 3.8) is 0 Å². The molecule has 0 radical (unpaired) electrons. The van der Waals surface area contributed by atoms with E-state index in [-0.39, 0.29) is 5.91 Å². The van der Waals surface area contributed by atoms with Gasteiger partial charge in [0.15, 0.2) is 0 Å². The van der Waals surface area contributed by atoms with E-state index >= 15 is 0 Å². The van der Waals surface area contributed by atoms with Gasteiger partial charge in [0.05, 0.1) is 12.2 Å². The second kappa shape index (κ2) is 8.59. The molecule has 0 unspecified atom stereocenters. The number of hydrogen-bond acceptors (Lipinski definition) is 6. The molecule has 1 saturated heterocycles. The highest BCUT2D eigenvalue weighted by Gasteiger charge is 2.20. The molecular formula is C20H22ClN7O. The monoisotopic (exact) mass is 411 g/mol. The molecule has 0 bridgehead atoms. The molecule has 1 aliphatic heterocycles. The third-order valence-corrected chi connectivity index (χ3v) is 5.25. The second-order valence-corrected chi connectivity index (χ2v) is 7.48. The summed E-state index contributed by atoms with van der Waals surface area (Å²) in [7, 11) is 0. The van der Waals surface area contributed by atoms with Crippen LogP contribution < -0.4 is 10.2 Å². The van der Waals surface area contributed by atoms with Crippen LogP contribution in [0.4, 0.5) is 11.4 Å². The minimum Gasteiger partial charge on any atom is -0.369 e. The van der Waals surface area contributed by atoms with Gasteiger partial charge < -0.3 is 10.2 Å². The summed E-state index contributed by atoms with van der Waals surface area (Å²) in [6.45, 7) is 5.87. The number of carbonyl (C=O) groups is 1. The summed E-state index contributed by atoms with van der Waals surface area (Å²) in [5, 5.41) is 14.8. The van der Waals surface area contributed by atoms with Gasteiger partial charge in [0, 0.05) is 42.6 Å². The van der Waals surface area contributed by atoms with E-state index in [1.54, 1.807) is 4.68 Å². The molecule has 150 valence electrons. The van der Waals surface area contributed by atoms with Crippen LogP contribution in [-0.4, -0.2) is 63.7 Å². The zero-order valence-electron chi connectivity index (χ0n) is 16.1. The first-order chi connectivity index (χ1) is 14.1. The van der Waals surface area contributed by atoms with Crippen molar-refractivity contribution in [3.05, 3.63) is 59.4 Å². The summed E-state index contributed by atoms with van der Waals surface area (Å²) in [5.41, 5.74) is 3.97. The third-order valence-electron chi connectivity index (χ3n) is 5.02. The highest BCUT2D eigenvalue weighted by atomic mass is 35.5. The molecule has 3 aromatic rings. The largest absolute Gasteiger partial charge is 0.369 e. The number of carbonyl (C=O) groups excluding carboxylic acids is 1. The SMILES string of the molecule is Cc1ccc(Cl)cc1N1CCN(CC(=O)Nc2ccc(-n3cnnn3)cc2)CC1. The number of aromatic nitrogens is 4. The number of nitrogens with zero attached hydrogens (tertiary/aromatic N) is 6. The maximum Gasteiger partial charge on any atom is 0.238 e. The summed E-state index contributed by atoms with van der Waals surface area (Å²) in [6.07, 6.45) is 1.53. The van der Waals surface area contributed by atoms with Crippen LogP contribution in [0.15, 0.2) is 48.8 Å². The average Bonchev–Trinajstić information content (AvgIpc) is 3.26. The number of tetrazole rings is 1. The quantitative estimate of drug-likeness (QED) is 0.694. The van der Waals surface area contributed by atoms with Crippen molar-refractivity contribution in [2.45, 2.75) is 6.92 Å². The molecule has 2 heterocycles. The molecule has 1 N–H and O–H groups in total. The fourth-order valence-corrected chi connectivity index (χ4v) is 3.62. The van der Waals surface area contributed by atoms with Gasteiger partial charge in [-0.2, -0.15) is 0 Å². The number of hydrogen-bond donors (Lipinski definition) is 1. The highest BCUT2D eigenvalue weighted by molar-refractivity contribution is 6.30. The van der Waals surface area contributed by atoms with Gasteiger partial charge in [-0.15, -0.1) is 5.10 Å². The maximum absolute atomic E-state index is 12.4. The van der Waals surface area contributed by atoms with Crippen LogP contribution in [0.3, 0.4) is 0 Å². The summed E-state index contributed by atoms with van der Waals surface area (Å²) in [6, 6.07) is 13.4. The van der Waals surface area contributed by atoms with Crippen molar-refractivity contribution in [2.24, 2.45) is 0 Å². The van der Waals surface area contributed by atoms with E-state index in [9.17, 15) is 4.79 Å². The lowest BCUT2D eigenvalue weighted by Crippen LogP contribution is -2.48. The van der Waals surface area contributed by atoms with Crippen molar-refractivity contribution in [1.29, 1.82) is 0 Å². The van der Waals surface area contributed by atoms with Crippen LogP contribution in [0.2, 0.25) is 5.02 Å². The second-order valence-electron chi connectivity index (χ2n) is 7.04.